The van der Waals surface area contributed by atoms with E-state index >= 15 is 0 Å². The van der Waals surface area contributed by atoms with Crippen molar-refractivity contribution in [2.45, 2.75) is 37.1 Å². The SMILES string of the molecule is CC/C=C/[C@]1(Br)C(=O)N(CCC(=O)OCC)[C@H]1c1ccccc1. The maximum absolute atomic E-state index is 12.6. The summed E-state index contributed by atoms with van der Waals surface area (Å²) >= 11 is 3.62. The minimum atomic E-state index is -0.723. The van der Waals surface area contributed by atoms with Crippen molar-refractivity contribution in [2.24, 2.45) is 0 Å². The van der Waals surface area contributed by atoms with Gasteiger partial charge in [0.1, 0.15) is 4.32 Å². The Morgan fingerprint density at radius 1 is 1.35 bits per heavy atom. The van der Waals surface area contributed by atoms with Gasteiger partial charge in [0.2, 0.25) is 5.91 Å². The van der Waals surface area contributed by atoms with Gasteiger partial charge in [0.05, 0.1) is 19.1 Å². The highest BCUT2D eigenvalue weighted by molar-refractivity contribution is 9.10. The first-order valence-corrected chi connectivity index (χ1v) is 8.72. The predicted molar refractivity (Wildman–Crippen MR) is 93.2 cm³/mol. The second-order valence-electron chi connectivity index (χ2n) is 5.45. The van der Waals surface area contributed by atoms with Crippen LogP contribution in [0.2, 0.25) is 0 Å². The third-order valence-electron chi connectivity index (χ3n) is 3.87. The van der Waals surface area contributed by atoms with Crippen molar-refractivity contribution >= 4 is 27.8 Å². The monoisotopic (exact) mass is 379 g/mol. The minimum Gasteiger partial charge on any atom is -0.466 e. The molecule has 0 bridgehead atoms. The topological polar surface area (TPSA) is 46.6 Å². The van der Waals surface area contributed by atoms with Gasteiger partial charge < -0.3 is 9.64 Å². The molecule has 4 nitrogen and oxygen atoms in total. The molecular weight excluding hydrogens is 358 g/mol. The Morgan fingerprint density at radius 3 is 2.65 bits per heavy atom. The van der Waals surface area contributed by atoms with Crippen LogP contribution < -0.4 is 0 Å². The van der Waals surface area contributed by atoms with Crippen molar-refractivity contribution in [3.63, 3.8) is 0 Å². The third kappa shape index (κ3) is 3.66. The van der Waals surface area contributed by atoms with Crippen LogP contribution in [0.1, 0.15) is 38.3 Å². The molecule has 0 spiro atoms. The number of nitrogens with zero attached hydrogens (tertiary/aromatic N) is 1. The van der Waals surface area contributed by atoms with E-state index in [0.29, 0.717) is 13.2 Å². The van der Waals surface area contributed by atoms with E-state index in [-0.39, 0.29) is 24.3 Å². The number of ether oxygens (including phenoxy) is 1. The van der Waals surface area contributed by atoms with Crippen LogP contribution in [0.25, 0.3) is 0 Å². The van der Waals surface area contributed by atoms with E-state index in [4.69, 9.17) is 4.74 Å². The molecule has 0 aromatic heterocycles. The number of allylic oxidation sites excluding steroid dienone is 1. The number of amides is 1. The number of β-lactam (4-membered cyclic amide) rings is 1. The Bertz CT molecular complexity index is 587. The van der Waals surface area contributed by atoms with Crippen LogP contribution >= 0.6 is 15.9 Å². The summed E-state index contributed by atoms with van der Waals surface area (Å²) in [5, 5.41) is 0. The summed E-state index contributed by atoms with van der Waals surface area (Å²) in [6, 6.07) is 9.75. The largest absolute Gasteiger partial charge is 0.466 e. The van der Waals surface area contributed by atoms with Crippen molar-refractivity contribution < 1.29 is 14.3 Å². The van der Waals surface area contributed by atoms with Gasteiger partial charge in [-0.25, -0.2) is 0 Å². The molecule has 0 radical (unpaired) electrons. The summed E-state index contributed by atoms with van der Waals surface area (Å²) in [4.78, 5) is 25.9. The number of likely N-dealkylation sites (tertiary alicyclic amines) is 1. The van der Waals surface area contributed by atoms with Crippen molar-refractivity contribution in [1.82, 2.24) is 4.90 Å². The zero-order valence-corrected chi connectivity index (χ0v) is 15.1. The van der Waals surface area contributed by atoms with Crippen molar-refractivity contribution in [3.05, 3.63) is 48.0 Å². The molecule has 0 aliphatic carbocycles. The van der Waals surface area contributed by atoms with Crippen molar-refractivity contribution in [2.75, 3.05) is 13.2 Å². The number of carbonyl (C=O) groups excluding carboxylic acids is 2. The van der Waals surface area contributed by atoms with Gasteiger partial charge in [0.15, 0.2) is 0 Å². The van der Waals surface area contributed by atoms with Crippen molar-refractivity contribution in [1.29, 1.82) is 0 Å². The summed E-state index contributed by atoms with van der Waals surface area (Å²) in [6.07, 6.45) is 4.99. The Hall–Kier alpha value is -1.62. The first kappa shape index (κ1) is 17.7. The zero-order chi connectivity index (χ0) is 16.9. The normalized spacial score (nSPS) is 23.9. The number of carbonyl (C=O) groups is 2. The van der Waals surface area contributed by atoms with Crippen LogP contribution in [0, 0.1) is 0 Å². The third-order valence-corrected chi connectivity index (χ3v) is 4.91. The Kier molecular flexibility index (Phi) is 5.99. The van der Waals surface area contributed by atoms with Gasteiger partial charge >= 0.3 is 5.97 Å². The number of hydrogen-bond donors (Lipinski definition) is 0. The van der Waals surface area contributed by atoms with Gasteiger partial charge in [0, 0.05) is 6.54 Å². The molecule has 2 rings (SSSR count). The molecular formula is C18H22BrNO3. The molecule has 5 heteroatoms. The molecule has 1 amide bonds. The first-order valence-electron chi connectivity index (χ1n) is 7.92. The molecule has 1 aliphatic rings. The van der Waals surface area contributed by atoms with E-state index in [1.54, 1.807) is 11.8 Å². The fourth-order valence-corrected chi connectivity index (χ4v) is 3.73. The molecule has 1 fully saturated rings. The molecule has 1 saturated heterocycles. The Balaban J connectivity index is 2.19. The molecule has 0 N–H and O–H groups in total. The standard InChI is InChI=1S/C18H22BrNO3/c1-3-5-12-18(19)16(14-9-7-6-8-10-14)20(17(18)22)13-11-15(21)23-4-2/h5-10,12,16H,3-4,11,13H2,1-2H3/b12-5+/t16-,18+/m0/s1. The average Bonchev–Trinajstić information content (AvgIpc) is 2.56. The van der Waals surface area contributed by atoms with Crippen LogP contribution in [0.3, 0.4) is 0 Å². The lowest BCUT2D eigenvalue weighted by molar-refractivity contribution is -0.152. The number of hydrogen-bond acceptors (Lipinski definition) is 3. The maximum Gasteiger partial charge on any atom is 0.307 e. The highest BCUT2D eigenvalue weighted by Gasteiger charge is 2.57. The Morgan fingerprint density at radius 2 is 2.04 bits per heavy atom. The van der Waals surface area contributed by atoms with Gasteiger partial charge in [-0.15, -0.1) is 0 Å². The van der Waals surface area contributed by atoms with E-state index in [2.05, 4.69) is 15.9 Å². The second-order valence-corrected chi connectivity index (χ2v) is 6.76. The lowest BCUT2D eigenvalue weighted by Crippen LogP contribution is -2.64. The van der Waals surface area contributed by atoms with Crippen LogP contribution in [-0.4, -0.2) is 34.3 Å². The Labute approximate surface area is 145 Å². The number of benzene rings is 1. The molecule has 23 heavy (non-hydrogen) atoms. The van der Waals surface area contributed by atoms with Gasteiger partial charge in [-0.3, -0.25) is 9.59 Å². The summed E-state index contributed by atoms with van der Waals surface area (Å²) in [7, 11) is 0. The van der Waals surface area contributed by atoms with Gasteiger partial charge in [-0.2, -0.15) is 0 Å². The maximum atomic E-state index is 12.6. The van der Waals surface area contributed by atoms with E-state index in [1.807, 2.05) is 49.4 Å². The first-order chi connectivity index (χ1) is 11.0. The molecule has 1 aromatic carbocycles. The number of halogens is 1. The number of rotatable bonds is 7. The van der Waals surface area contributed by atoms with Crippen LogP contribution in [0.5, 0.6) is 0 Å². The summed E-state index contributed by atoms with van der Waals surface area (Å²) in [6.45, 7) is 4.53. The zero-order valence-electron chi connectivity index (χ0n) is 13.5. The van der Waals surface area contributed by atoms with Gasteiger partial charge in [-0.1, -0.05) is 65.3 Å². The second kappa shape index (κ2) is 7.77. The lowest BCUT2D eigenvalue weighted by atomic mass is 9.81. The minimum absolute atomic E-state index is 0.0136. The predicted octanol–water partition coefficient (Wildman–Crippen LogP) is 3.62. The van der Waals surface area contributed by atoms with Crippen molar-refractivity contribution in [3.8, 4) is 0 Å². The fraction of sp³-hybridized carbons (Fsp3) is 0.444. The summed E-state index contributed by atoms with van der Waals surface area (Å²) in [5.74, 6) is -0.288. The fourth-order valence-electron chi connectivity index (χ4n) is 2.80. The van der Waals surface area contributed by atoms with Crippen LogP contribution in [-0.2, 0) is 14.3 Å². The summed E-state index contributed by atoms with van der Waals surface area (Å²) < 4.78 is 4.23. The van der Waals surface area contributed by atoms with Crippen LogP contribution in [0.4, 0.5) is 0 Å². The molecule has 124 valence electrons. The van der Waals surface area contributed by atoms with Gasteiger partial charge in [0.25, 0.3) is 0 Å². The number of esters is 1. The molecule has 2 atom stereocenters. The quantitative estimate of drug-likeness (QED) is 0.314. The van der Waals surface area contributed by atoms with Crippen LogP contribution in [0.15, 0.2) is 42.5 Å². The average molecular weight is 380 g/mol. The van der Waals surface area contributed by atoms with E-state index in [0.717, 1.165) is 12.0 Å². The highest BCUT2D eigenvalue weighted by atomic mass is 79.9. The summed E-state index contributed by atoms with van der Waals surface area (Å²) in [5.41, 5.74) is 1.05. The molecule has 1 aliphatic heterocycles. The van der Waals surface area contributed by atoms with Gasteiger partial charge in [-0.05, 0) is 18.9 Å². The van der Waals surface area contributed by atoms with E-state index in [1.165, 1.54) is 0 Å². The lowest BCUT2D eigenvalue weighted by Gasteiger charge is -2.52. The van der Waals surface area contributed by atoms with E-state index in [9.17, 15) is 9.59 Å². The molecule has 1 heterocycles. The molecule has 0 saturated carbocycles. The molecule has 0 unspecified atom stereocenters. The smallest absolute Gasteiger partial charge is 0.307 e. The highest BCUT2D eigenvalue weighted by Crippen LogP contribution is 2.50. The molecule has 1 aromatic rings. The van der Waals surface area contributed by atoms with E-state index < -0.39 is 4.32 Å². The number of alkyl halides is 1.